The molecule has 5 nitrogen and oxygen atoms in total. The maximum atomic E-state index is 9.69. The molecular weight excluding hydrogens is 286 g/mol. The van der Waals surface area contributed by atoms with Gasteiger partial charge in [0.15, 0.2) is 0 Å². The number of hydrogen-bond donors (Lipinski definition) is 1. The van der Waals surface area contributed by atoms with Gasteiger partial charge in [-0.25, -0.2) is 0 Å². The van der Waals surface area contributed by atoms with Crippen molar-refractivity contribution in [1.82, 2.24) is 10.2 Å². The van der Waals surface area contributed by atoms with Gasteiger partial charge in [0.05, 0.1) is 41.0 Å². The molecule has 1 N–H and O–H groups in total. The minimum Gasteiger partial charge on any atom is -0.278 e. The third-order valence-electron chi connectivity index (χ3n) is 4.37. The van der Waals surface area contributed by atoms with E-state index in [1.807, 2.05) is 32.0 Å². The molecule has 0 spiro atoms. The number of nitrogens with zero attached hydrogens (tertiary/aromatic N) is 4. The van der Waals surface area contributed by atoms with Gasteiger partial charge in [-0.05, 0) is 30.5 Å². The number of aromatic nitrogens is 2. The van der Waals surface area contributed by atoms with Crippen molar-refractivity contribution in [3.8, 4) is 12.1 Å². The molecule has 2 aromatic rings. The highest BCUT2D eigenvalue weighted by Gasteiger charge is 2.35. The summed E-state index contributed by atoms with van der Waals surface area (Å²) in [5, 5.41) is 27.3. The lowest BCUT2D eigenvalue weighted by atomic mass is 9.75. The van der Waals surface area contributed by atoms with Gasteiger partial charge in [0, 0.05) is 17.0 Å². The summed E-state index contributed by atoms with van der Waals surface area (Å²) in [6, 6.07) is 10.6. The summed E-state index contributed by atoms with van der Waals surface area (Å²) in [6.07, 6.45) is 3.16. The zero-order chi connectivity index (χ0) is 16.4. The van der Waals surface area contributed by atoms with Crippen LogP contribution in [-0.4, -0.2) is 15.9 Å². The van der Waals surface area contributed by atoms with E-state index < -0.39 is 5.92 Å². The maximum absolute atomic E-state index is 9.69. The molecule has 3 rings (SSSR count). The third kappa shape index (κ3) is 2.41. The molecule has 2 heterocycles. The number of nitriles is 2. The lowest BCUT2D eigenvalue weighted by Crippen LogP contribution is -2.26. The van der Waals surface area contributed by atoms with E-state index in [1.54, 1.807) is 6.20 Å². The van der Waals surface area contributed by atoms with Crippen molar-refractivity contribution in [2.24, 2.45) is 10.9 Å². The van der Waals surface area contributed by atoms with Gasteiger partial charge in [-0.1, -0.05) is 19.9 Å². The molecule has 1 aliphatic rings. The van der Waals surface area contributed by atoms with E-state index in [4.69, 9.17) is 0 Å². The van der Waals surface area contributed by atoms with Gasteiger partial charge < -0.3 is 0 Å². The molecule has 0 aliphatic carbocycles. The Morgan fingerprint density at radius 2 is 2.04 bits per heavy atom. The average molecular weight is 303 g/mol. The Hall–Kier alpha value is -2.92. The van der Waals surface area contributed by atoms with E-state index in [9.17, 15) is 10.5 Å². The summed E-state index contributed by atoms with van der Waals surface area (Å²) in [5.74, 6) is -0.652. The van der Waals surface area contributed by atoms with Crippen LogP contribution in [0.3, 0.4) is 0 Å². The van der Waals surface area contributed by atoms with Crippen LogP contribution in [-0.2, 0) is 0 Å². The van der Waals surface area contributed by atoms with Gasteiger partial charge in [-0.3, -0.25) is 10.1 Å². The van der Waals surface area contributed by atoms with Crippen molar-refractivity contribution in [3.05, 3.63) is 41.2 Å². The molecule has 0 bridgehead atoms. The maximum Gasteiger partial charge on any atom is 0.0973 e. The fourth-order valence-corrected chi connectivity index (χ4v) is 3.21. The van der Waals surface area contributed by atoms with Gasteiger partial charge in [-0.15, -0.1) is 0 Å². The SMILES string of the molecule is CCC1=NC(CC)=C(C#N)C(c2ccc3[nH]ncc3c2)C1C#N. The zero-order valence-electron chi connectivity index (χ0n) is 13.2. The average Bonchev–Trinajstić information content (AvgIpc) is 3.07. The Morgan fingerprint density at radius 3 is 2.70 bits per heavy atom. The number of fused-ring (bicyclic) bond motifs is 1. The highest BCUT2D eigenvalue weighted by molar-refractivity contribution is 5.92. The first kappa shape index (κ1) is 15.0. The highest BCUT2D eigenvalue weighted by Crippen LogP contribution is 2.40. The molecule has 5 heteroatoms. The van der Waals surface area contributed by atoms with E-state index in [0.29, 0.717) is 18.4 Å². The van der Waals surface area contributed by atoms with Gasteiger partial charge in [0.25, 0.3) is 0 Å². The monoisotopic (exact) mass is 303 g/mol. The van der Waals surface area contributed by atoms with Crippen LogP contribution in [0.4, 0.5) is 0 Å². The Kier molecular flexibility index (Phi) is 3.95. The van der Waals surface area contributed by atoms with E-state index >= 15 is 0 Å². The van der Waals surface area contributed by atoms with Gasteiger partial charge in [0.2, 0.25) is 0 Å². The van der Waals surface area contributed by atoms with E-state index in [1.165, 1.54) is 0 Å². The first-order valence-electron chi connectivity index (χ1n) is 7.76. The molecule has 1 aromatic heterocycles. The number of benzene rings is 1. The minimum absolute atomic E-state index is 0.258. The fraction of sp³-hybridized carbons (Fsp3) is 0.333. The number of aromatic amines is 1. The molecule has 0 saturated carbocycles. The Balaban J connectivity index is 2.20. The second-order valence-electron chi connectivity index (χ2n) is 5.58. The molecule has 114 valence electrons. The number of hydrogen-bond acceptors (Lipinski definition) is 4. The number of H-pyrrole nitrogens is 1. The van der Waals surface area contributed by atoms with E-state index in [-0.39, 0.29) is 5.92 Å². The first-order valence-corrected chi connectivity index (χ1v) is 7.76. The van der Waals surface area contributed by atoms with Crippen LogP contribution in [0.1, 0.15) is 38.2 Å². The predicted octanol–water partition coefficient (Wildman–Crippen LogP) is 3.84. The molecule has 2 unspecified atom stereocenters. The summed E-state index contributed by atoms with van der Waals surface area (Å²) in [6.45, 7) is 4.00. The van der Waals surface area contributed by atoms with Crippen LogP contribution in [0.25, 0.3) is 10.9 Å². The number of rotatable bonds is 3. The molecule has 23 heavy (non-hydrogen) atoms. The normalized spacial score (nSPS) is 21.0. The molecule has 0 radical (unpaired) electrons. The quantitative estimate of drug-likeness (QED) is 0.934. The molecular formula is C18H17N5. The smallest absolute Gasteiger partial charge is 0.0973 e. The van der Waals surface area contributed by atoms with Crippen molar-refractivity contribution in [1.29, 1.82) is 10.5 Å². The molecule has 0 amide bonds. The topological polar surface area (TPSA) is 88.6 Å². The predicted molar refractivity (Wildman–Crippen MR) is 88.6 cm³/mol. The molecule has 2 atom stereocenters. The summed E-state index contributed by atoms with van der Waals surface area (Å²) in [7, 11) is 0. The van der Waals surface area contributed by atoms with Gasteiger partial charge >= 0.3 is 0 Å². The van der Waals surface area contributed by atoms with Crippen LogP contribution in [0.15, 0.2) is 40.7 Å². The van der Waals surface area contributed by atoms with Crippen LogP contribution in [0.5, 0.6) is 0 Å². The number of nitrogens with one attached hydrogen (secondary N) is 1. The molecule has 1 aromatic carbocycles. The van der Waals surface area contributed by atoms with Crippen molar-refractivity contribution in [2.45, 2.75) is 32.6 Å². The second-order valence-corrected chi connectivity index (χ2v) is 5.58. The highest BCUT2D eigenvalue weighted by atomic mass is 15.1. The van der Waals surface area contributed by atoms with Crippen LogP contribution < -0.4 is 0 Å². The Morgan fingerprint density at radius 1 is 1.22 bits per heavy atom. The largest absolute Gasteiger partial charge is 0.278 e. The van der Waals surface area contributed by atoms with Crippen molar-refractivity contribution in [2.75, 3.05) is 0 Å². The zero-order valence-corrected chi connectivity index (χ0v) is 13.2. The lowest BCUT2D eigenvalue weighted by molar-refractivity contribution is 0.688. The lowest BCUT2D eigenvalue weighted by Gasteiger charge is -2.28. The second kappa shape index (κ2) is 6.06. The summed E-state index contributed by atoms with van der Waals surface area (Å²) in [4.78, 5) is 4.58. The van der Waals surface area contributed by atoms with Crippen molar-refractivity contribution < 1.29 is 0 Å². The standard InChI is InChI=1S/C18H17N5/c1-3-15-13(8-19)18(14(9-20)16(4-2)22-15)11-5-6-17-12(7-11)10-21-23-17/h5-7,10,13,18H,3-4H2,1-2H3,(H,21,23). The molecule has 0 fully saturated rings. The van der Waals surface area contributed by atoms with Gasteiger partial charge in [-0.2, -0.15) is 15.6 Å². The van der Waals surface area contributed by atoms with E-state index in [0.717, 1.165) is 27.9 Å². The number of aliphatic imine (C=N–C) groups is 1. The van der Waals surface area contributed by atoms with Crippen molar-refractivity contribution in [3.63, 3.8) is 0 Å². The first-order chi connectivity index (χ1) is 11.2. The van der Waals surface area contributed by atoms with Crippen LogP contribution in [0.2, 0.25) is 0 Å². The molecule has 1 aliphatic heterocycles. The summed E-state index contributed by atoms with van der Waals surface area (Å²) >= 11 is 0. The summed E-state index contributed by atoms with van der Waals surface area (Å²) < 4.78 is 0. The third-order valence-corrected chi connectivity index (χ3v) is 4.37. The van der Waals surface area contributed by atoms with E-state index in [2.05, 4.69) is 27.3 Å². The van der Waals surface area contributed by atoms with Crippen molar-refractivity contribution >= 4 is 16.6 Å². The van der Waals surface area contributed by atoms with Crippen LogP contribution >= 0.6 is 0 Å². The summed E-state index contributed by atoms with van der Waals surface area (Å²) in [5.41, 5.74) is 4.18. The van der Waals surface area contributed by atoms with Crippen LogP contribution in [0, 0.1) is 28.6 Å². The Labute approximate surface area is 135 Å². The van der Waals surface area contributed by atoms with Gasteiger partial charge in [0.1, 0.15) is 0 Å². The minimum atomic E-state index is -0.394. The fourth-order valence-electron chi connectivity index (χ4n) is 3.21. The Bertz CT molecular complexity index is 888. The number of allylic oxidation sites excluding steroid dienone is 2. The molecule has 0 saturated heterocycles.